The van der Waals surface area contributed by atoms with Crippen LogP contribution in [0.25, 0.3) is 0 Å². The number of benzene rings is 1. The van der Waals surface area contributed by atoms with Crippen LogP contribution in [0.4, 0.5) is 18.9 Å². The summed E-state index contributed by atoms with van der Waals surface area (Å²) in [6, 6.07) is 5.44. The van der Waals surface area contributed by atoms with Gasteiger partial charge in [-0.25, -0.2) is 0 Å². The number of nitrogens with zero attached hydrogens (tertiary/aromatic N) is 2. The number of anilines is 1. The summed E-state index contributed by atoms with van der Waals surface area (Å²) >= 11 is 0. The lowest BCUT2D eigenvalue weighted by atomic mass is 10.1. The van der Waals surface area contributed by atoms with Crippen molar-refractivity contribution in [3.8, 4) is 0 Å². The number of aliphatic hydroxyl groups excluding tert-OH is 1. The summed E-state index contributed by atoms with van der Waals surface area (Å²) in [4.78, 5) is 4.07. The molecule has 1 saturated heterocycles. The van der Waals surface area contributed by atoms with Gasteiger partial charge in [0, 0.05) is 38.4 Å². The molecule has 128 valence electrons. The van der Waals surface area contributed by atoms with E-state index in [4.69, 9.17) is 0 Å². The summed E-state index contributed by atoms with van der Waals surface area (Å²) in [5.41, 5.74) is -0.00191. The Bertz CT molecular complexity index is 450. The maximum atomic E-state index is 12.7. The third kappa shape index (κ3) is 5.83. The Labute approximate surface area is 140 Å². The van der Waals surface area contributed by atoms with E-state index in [9.17, 15) is 18.3 Å². The van der Waals surface area contributed by atoms with Crippen molar-refractivity contribution in [2.24, 2.45) is 0 Å². The molecule has 1 atom stereocenters. The van der Waals surface area contributed by atoms with Gasteiger partial charge in [0.1, 0.15) is 0 Å². The monoisotopic (exact) mass is 360 g/mol. The molecule has 0 spiro atoms. The molecule has 1 aromatic rings. The first-order valence-corrected chi connectivity index (χ1v) is 6.69. The molecule has 8 heteroatoms. The second-order valence-corrected chi connectivity index (χ2v) is 5.18. The van der Waals surface area contributed by atoms with Gasteiger partial charge in [-0.05, 0) is 25.1 Å². The van der Waals surface area contributed by atoms with Gasteiger partial charge < -0.3 is 10.0 Å². The van der Waals surface area contributed by atoms with E-state index in [-0.39, 0.29) is 30.9 Å². The summed E-state index contributed by atoms with van der Waals surface area (Å²) in [6.45, 7) is 5.19. The maximum Gasteiger partial charge on any atom is 0.416 e. The summed E-state index contributed by atoms with van der Waals surface area (Å²) in [6.07, 6.45) is -4.68. The quantitative estimate of drug-likeness (QED) is 0.897. The molecule has 1 heterocycles. The van der Waals surface area contributed by atoms with Crippen LogP contribution in [0.1, 0.15) is 12.5 Å². The molecule has 1 fully saturated rings. The van der Waals surface area contributed by atoms with Gasteiger partial charge in [-0.3, -0.25) is 4.90 Å². The third-order valence-electron chi connectivity index (χ3n) is 3.43. The van der Waals surface area contributed by atoms with E-state index < -0.39 is 11.7 Å². The molecular weight excluding hydrogens is 340 g/mol. The number of aliphatic hydroxyl groups is 1. The summed E-state index contributed by atoms with van der Waals surface area (Å²) in [7, 11) is 0. The number of β-amino-alcohol motifs (C(OH)–C–C–N with tert-alkyl or cyclic N) is 1. The molecule has 1 N–H and O–H groups in total. The van der Waals surface area contributed by atoms with Crippen LogP contribution in [0, 0.1) is 0 Å². The van der Waals surface area contributed by atoms with Crippen LogP contribution in [0.3, 0.4) is 0 Å². The summed E-state index contributed by atoms with van der Waals surface area (Å²) in [5, 5.41) is 9.33. The minimum absolute atomic E-state index is 0. The molecule has 0 amide bonds. The standard InChI is InChI=1S/C14H19F3N2O.2ClH/c1-11(20)10-18-5-7-19(8-6-18)13-4-2-3-12(9-13)14(15,16)17;;/h2-4,9,11,20H,5-8,10H2,1H3;2*1H. The van der Waals surface area contributed by atoms with Gasteiger partial charge in [0.2, 0.25) is 0 Å². The molecule has 2 rings (SSSR count). The van der Waals surface area contributed by atoms with Gasteiger partial charge in [0.15, 0.2) is 0 Å². The highest BCUT2D eigenvalue weighted by atomic mass is 35.5. The number of piperazine rings is 1. The Hall–Kier alpha value is -0.690. The van der Waals surface area contributed by atoms with Crippen LogP contribution in [-0.4, -0.2) is 48.8 Å². The zero-order chi connectivity index (χ0) is 14.8. The van der Waals surface area contributed by atoms with Gasteiger partial charge in [-0.15, -0.1) is 24.8 Å². The van der Waals surface area contributed by atoms with Crippen LogP contribution in [0.2, 0.25) is 0 Å². The second-order valence-electron chi connectivity index (χ2n) is 5.18. The van der Waals surface area contributed by atoms with Gasteiger partial charge in [0.25, 0.3) is 0 Å². The molecule has 0 aliphatic carbocycles. The molecule has 1 aromatic carbocycles. The first-order chi connectivity index (χ1) is 9.36. The molecule has 22 heavy (non-hydrogen) atoms. The normalized spacial score (nSPS) is 17.4. The molecule has 1 aliphatic rings. The molecule has 0 bridgehead atoms. The molecule has 3 nitrogen and oxygen atoms in total. The number of hydrogen-bond acceptors (Lipinski definition) is 3. The number of halogens is 5. The van der Waals surface area contributed by atoms with Crippen molar-refractivity contribution in [3.05, 3.63) is 29.8 Å². The van der Waals surface area contributed by atoms with Crippen LogP contribution in [0.5, 0.6) is 0 Å². The predicted molar refractivity (Wildman–Crippen MR) is 86.3 cm³/mol. The predicted octanol–water partition coefficient (Wildman–Crippen LogP) is 3.05. The largest absolute Gasteiger partial charge is 0.416 e. The van der Waals surface area contributed by atoms with E-state index in [0.717, 1.165) is 19.2 Å². The smallest absolute Gasteiger partial charge is 0.392 e. The average molecular weight is 361 g/mol. The minimum Gasteiger partial charge on any atom is -0.392 e. The lowest BCUT2D eigenvalue weighted by Crippen LogP contribution is -2.48. The van der Waals surface area contributed by atoms with E-state index in [0.29, 0.717) is 25.3 Å². The lowest BCUT2D eigenvalue weighted by molar-refractivity contribution is -0.137. The van der Waals surface area contributed by atoms with Gasteiger partial charge >= 0.3 is 6.18 Å². The fraction of sp³-hybridized carbons (Fsp3) is 0.571. The van der Waals surface area contributed by atoms with Gasteiger partial charge in [-0.2, -0.15) is 13.2 Å². The van der Waals surface area contributed by atoms with E-state index in [1.54, 1.807) is 13.0 Å². The Morgan fingerprint density at radius 1 is 1.14 bits per heavy atom. The van der Waals surface area contributed by atoms with Crippen LogP contribution in [-0.2, 0) is 6.18 Å². The van der Waals surface area contributed by atoms with E-state index >= 15 is 0 Å². The number of hydrogen-bond donors (Lipinski definition) is 1. The van der Waals surface area contributed by atoms with Gasteiger partial charge in [0.05, 0.1) is 11.7 Å². The molecule has 1 aliphatic heterocycles. The number of rotatable bonds is 3. The van der Waals surface area contributed by atoms with Gasteiger partial charge in [-0.1, -0.05) is 6.07 Å². The molecule has 0 radical (unpaired) electrons. The van der Waals surface area contributed by atoms with E-state index in [1.807, 2.05) is 4.90 Å². The molecule has 0 saturated carbocycles. The van der Waals surface area contributed by atoms with Crippen molar-refractivity contribution in [2.75, 3.05) is 37.6 Å². The Kier molecular flexibility index (Phi) is 8.54. The topological polar surface area (TPSA) is 26.7 Å². The second kappa shape index (κ2) is 8.82. The molecule has 1 unspecified atom stereocenters. The Balaban J connectivity index is 0.00000220. The fourth-order valence-corrected chi connectivity index (χ4v) is 2.44. The van der Waals surface area contributed by atoms with Crippen LogP contribution >= 0.6 is 24.8 Å². The van der Waals surface area contributed by atoms with Crippen LogP contribution < -0.4 is 4.90 Å². The van der Waals surface area contributed by atoms with Crippen LogP contribution in [0.15, 0.2) is 24.3 Å². The summed E-state index contributed by atoms with van der Waals surface area (Å²) < 4.78 is 38.1. The zero-order valence-corrected chi connectivity index (χ0v) is 13.8. The number of alkyl halides is 3. The molecular formula is C14H21Cl2F3N2O. The first kappa shape index (κ1) is 21.3. The van der Waals surface area contributed by atoms with E-state index in [1.165, 1.54) is 12.1 Å². The first-order valence-electron chi connectivity index (χ1n) is 6.69. The fourth-order valence-electron chi connectivity index (χ4n) is 2.44. The average Bonchev–Trinajstić information content (AvgIpc) is 2.38. The van der Waals surface area contributed by atoms with E-state index in [2.05, 4.69) is 4.90 Å². The van der Waals surface area contributed by atoms with Crippen molar-refractivity contribution in [1.82, 2.24) is 4.90 Å². The highest BCUT2D eigenvalue weighted by molar-refractivity contribution is 5.85. The summed E-state index contributed by atoms with van der Waals surface area (Å²) in [5.74, 6) is 0. The van der Waals surface area contributed by atoms with Crippen molar-refractivity contribution >= 4 is 30.5 Å². The Morgan fingerprint density at radius 3 is 2.23 bits per heavy atom. The Morgan fingerprint density at radius 2 is 1.73 bits per heavy atom. The van der Waals surface area contributed by atoms with Crippen molar-refractivity contribution in [2.45, 2.75) is 19.2 Å². The van der Waals surface area contributed by atoms with Crippen molar-refractivity contribution in [1.29, 1.82) is 0 Å². The zero-order valence-electron chi connectivity index (χ0n) is 12.2. The van der Waals surface area contributed by atoms with Crippen molar-refractivity contribution < 1.29 is 18.3 Å². The van der Waals surface area contributed by atoms with Crippen molar-refractivity contribution in [3.63, 3.8) is 0 Å². The maximum absolute atomic E-state index is 12.7. The highest BCUT2D eigenvalue weighted by Gasteiger charge is 2.31. The lowest BCUT2D eigenvalue weighted by Gasteiger charge is -2.36. The molecule has 0 aromatic heterocycles. The third-order valence-corrected chi connectivity index (χ3v) is 3.43. The highest BCUT2D eigenvalue weighted by Crippen LogP contribution is 2.31. The SMILES string of the molecule is CC(O)CN1CCN(c2cccc(C(F)(F)F)c2)CC1.Cl.Cl. The minimum atomic E-state index is -4.30.